The predicted molar refractivity (Wildman–Crippen MR) is 15.4 cm³/mol. The van der Waals surface area contributed by atoms with Gasteiger partial charge in [0.1, 0.15) is 0 Å². The molecule has 0 rings (SSSR count). The first kappa shape index (κ1) is 10.1. The van der Waals surface area contributed by atoms with E-state index in [-0.39, 0.29) is 27.6 Å². The van der Waals surface area contributed by atoms with Crippen molar-refractivity contribution in [2.75, 3.05) is 0 Å². The van der Waals surface area contributed by atoms with Gasteiger partial charge < -0.3 is 16.1 Å². The van der Waals surface area contributed by atoms with Gasteiger partial charge in [0, 0.05) is 26.2 Å². The van der Waals surface area contributed by atoms with Gasteiger partial charge in [0.2, 0.25) is 0 Å². The summed E-state index contributed by atoms with van der Waals surface area (Å²) in [5.74, 6) is 0. The minimum Gasteiger partial charge on any atom is -1.00 e. The molecule has 0 spiro atoms. The molecule has 0 atom stereocenters. The molecule has 0 unspecified atom stereocenters. The van der Waals surface area contributed by atoms with E-state index >= 15 is 0 Å². The SMILES string of the molecule is O=P(O)(O)O.[H-].[Zr]. The molecule has 0 amide bonds. The van der Waals surface area contributed by atoms with E-state index in [0.29, 0.717) is 0 Å². The van der Waals surface area contributed by atoms with Crippen LogP contribution < -0.4 is 0 Å². The van der Waals surface area contributed by atoms with E-state index in [9.17, 15) is 0 Å². The van der Waals surface area contributed by atoms with Crippen molar-refractivity contribution in [1.29, 1.82) is 0 Å². The monoisotopic (exact) mass is 189 g/mol. The molecule has 0 radical (unpaired) electrons. The zero-order valence-electron chi connectivity index (χ0n) is 3.70. The van der Waals surface area contributed by atoms with Gasteiger partial charge >= 0.3 is 7.82 Å². The van der Waals surface area contributed by atoms with Gasteiger partial charge in [-0.15, -0.1) is 0 Å². The Balaban J connectivity index is -0.0000000800. The minimum absolute atomic E-state index is 0. The summed E-state index contributed by atoms with van der Waals surface area (Å²) in [5, 5.41) is 0. The van der Waals surface area contributed by atoms with Crippen LogP contribution in [0.2, 0.25) is 0 Å². The Bertz CT molecular complexity index is 57.8. The van der Waals surface area contributed by atoms with E-state index < -0.39 is 7.82 Å². The Morgan fingerprint density at radius 1 is 1.33 bits per heavy atom. The molecular weight excluding hydrogens is 186 g/mol. The van der Waals surface area contributed by atoms with Gasteiger partial charge in [-0.05, 0) is 0 Å². The third kappa shape index (κ3) is 80.7. The van der Waals surface area contributed by atoms with Crippen LogP contribution in [-0.2, 0) is 30.8 Å². The van der Waals surface area contributed by atoms with Gasteiger partial charge in [-0.2, -0.15) is 0 Å². The molecule has 0 saturated heterocycles. The Kier molecular flexibility index (Phi) is 5.13. The van der Waals surface area contributed by atoms with Gasteiger partial charge in [0.25, 0.3) is 0 Å². The summed E-state index contributed by atoms with van der Waals surface area (Å²) < 4.78 is 8.88. The summed E-state index contributed by atoms with van der Waals surface area (Å²) >= 11 is 0. The van der Waals surface area contributed by atoms with Crippen LogP contribution in [0, 0.1) is 0 Å². The van der Waals surface area contributed by atoms with Gasteiger partial charge in [-0.3, -0.25) is 0 Å². The normalized spacial score (nSPS) is 9.83. The summed E-state index contributed by atoms with van der Waals surface area (Å²) in [4.78, 5) is 21.6. The molecule has 6 heteroatoms. The second-order valence-electron chi connectivity index (χ2n) is 0.513. The van der Waals surface area contributed by atoms with Gasteiger partial charge in [-0.1, -0.05) is 0 Å². The summed E-state index contributed by atoms with van der Waals surface area (Å²) in [6, 6.07) is 0. The van der Waals surface area contributed by atoms with Gasteiger partial charge in [0.15, 0.2) is 0 Å². The molecule has 0 heterocycles. The van der Waals surface area contributed by atoms with Crippen LogP contribution in [0.3, 0.4) is 0 Å². The fourth-order valence-corrected chi connectivity index (χ4v) is 0. The van der Waals surface area contributed by atoms with E-state index in [2.05, 4.69) is 0 Å². The number of hydrogen-bond donors (Lipinski definition) is 3. The van der Waals surface area contributed by atoms with Crippen LogP contribution in [0.4, 0.5) is 0 Å². The van der Waals surface area contributed by atoms with Crippen molar-refractivity contribution in [3.05, 3.63) is 0 Å². The Morgan fingerprint density at radius 3 is 1.33 bits per heavy atom. The van der Waals surface area contributed by atoms with Crippen molar-refractivity contribution in [3.63, 3.8) is 0 Å². The number of phosphoric acid groups is 1. The molecule has 0 fully saturated rings. The molecule has 3 N–H and O–H groups in total. The standard InChI is InChI=1S/H3O4P.Zr.H/c1-5(2,3)4;;/h(H3,1,2,3,4);;/q;;-1. The van der Waals surface area contributed by atoms with Crippen molar-refractivity contribution in [2.45, 2.75) is 0 Å². The molecule has 0 aliphatic carbocycles. The molecule has 6 heavy (non-hydrogen) atoms. The molecular formula is H4O4PZr-. The maximum absolute atomic E-state index is 8.88. The maximum Gasteiger partial charge on any atom is 0.466 e. The second kappa shape index (κ2) is 3.06. The molecule has 0 aliphatic rings. The molecule has 0 aliphatic heterocycles. The van der Waals surface area contributed by atoms with E-state index in [0.717, 1.165) is 0 Å². The van der Waals surface area contributed by atoms with Crippen LogP contribution in [0.15, 0.2) is 0 Å². The number of rotatable bonds is 0. The summed E-state index contributed by atoms with van der Waals surface area (Å²) in [5.41, 5.74) is 0. The first-order valence-electron chi connectivity index (χ1n) is 0.783. The average Bonchev–Trinajstić information content (AvgIpc) is 0.722. The first-order valence-corrected chi connectivity index (χ1v) is 2.35. The number of hydrogen-bond acceptors (Lipinski definition) is 1. The van der Waals surface area contributed by atoms with Gasteiger partial charge in [0.05, 0.1) is 0 Å². The smallest absolute Gasteiger partial charge is 0.466 e. The summed E-state index contributed by atoms with van der Waals surface area (Å²) in [6.07, 6.45) is 0. The zero-order chi connectivity index (χ0) is 4.50. The van der Waals surface area contributed by atoms with Crippen LogP contribution in [0.1, 0.15) is 1.43 Å². The molecule has 0 aromatic rings. The Morgan fingerprint density at radius 2 is 1.33 bits per heavy atom. The molecule has 0 bridgehead atoms. The first-order chi connectivity index (χ1) is 2.00. The minimum atomic E-state index is -4.64. The van der Waals surface area contributed by atoms with E-state index in [1.54, 1.807) is 0 Å². The van der Waals surface area contributed by atoms with Crippen LogP contribution >= 0.6 is 7.82 Å². The third-order valence-electron chi connectivity index (χ3n) is 0. The molecule has 0 saturated carbocycles. The van der Waals surface area contributed by atoms with Crippen molar-refractivity contribution in [3.8, 4) is 0 Å². The molecule has 4 nitrogen and oxygen atoms in total. The van der Waals surface area contributed by atoms with E-state index in [1.807, 2.05) is 0 Å². The van der Waals surface area contributed by atoms with Gasteiger partial charge in [-0.25, -0.2) is 4.57 Å². The second-order valence-corrected chi connectivity index (χ2v) is 1.54. The van der Waals surface area contributed by atoms with Crippen LogP contribution in [-0.4, -0.2) is 14.7 Å². The zero-order valence-corrected chi connectivity index (χ0v) is 6.05. The van der Waals surface area contributed by atoms with Crippen LogP contribution in [0.5, 0.6) is 0 Å². The summed E-state index contributed by atoms with van der Waals surface area (Å²) in [6.45, 7) is 0. The molecule has 0 aromatic heterocycles. The Hall–Kier alpha value is 0.993. The van der Waals surface area contributed by atoms with E-state index in [4.69, 9.17) is 19.2 Å². The topological polar surface area (TPSA) is 77.8 Å². The van der Waals surface area contributed by atoms with Crippen molar-refractivity contribution >= 4 is 7.82 Å². The van der Waals surface area contributed by atoms with Crippen molar-refractivity contribution < 1.29 is 46.9 Å². The predicted octanol–water partition coefficient (Wildman–Crippen LogP) is -0.819. The third-order valence-corrected chi connectivity index (χ3v) is 0. The van der Waals surface area contributed by atoms with Crippen molar-refractivity contribution in [1.82, 2.24) is 0 Å². The van der Waals surface area contributed by atoms with E-state index in [1.165, 1.54) is 0 Å². The molecule has 0 aromatic carbocycles. The largest absolute Gasteiger partial charge is 1.00 e. The van der Waals surface area contributed by atoms with Crippen molar-refractivity contribution in [2.24, 2.45) is 0 Å². The summed E-state index contributed by atoms with van der Waals surface area (Å²) in [7, 11) is -4.64. The van der Waals surface area contributed by atoms with Crippen LogP contribution in [0.25, 0.3) is 0 Å². The fraction of sp³-hybridized carbons (Fsp3) is 0. The maximum atomic E-state index is 8.88. The molecule has 38 valence electrons. The average molecular weight is 190 g/mol. The fourth-order valence-electron chi connectivity index (χ4n) is 0. The Labute approximate surface area is 55.0 Å². The quantitative estimate of drug-likeness (QED) is 0.436.